The molecule has 0 amide bonds. The van der Waals surface area contributed by atoms with Gasteiger partial charge in [-0.1, -0.05) is 44.5 Å². The van der Waals surface area contributed by atoms with Crippen molar-refractivity contribution in [2.24, 2.45) is 5.41 Å². The average Bonchev–Trinajstić information content (AvgIpc) is 2.19. The Morgan fingerprint density at radius 3 is 2.25 bits per heavy atom. The summed E-state index contributed by atoms with van der Waals surface area (Å²) in [7, 11) is 0. The van der Waals surface area contributed by atoms with Gasteiger partial charge in [0.25, 0.3) is 0 Å². The van der Waals surface area contributed by atoms with E-state index in [4.69, 9.17) is 11.6 Å². The lowest BCUT2D eigenvalue weighted by Crippen LogP contribution is -2.19. The molecule has 0 saturated heterocycles. The van der Waals surface area contributed by atoms with Gasteiger partial charge in [0.05, 0.1) is 0 Å². The zero-order chi connectivity index (χ0) is 12.2. The molecule has 88 valence electrons. The summed E-state index contributed by atoms with van der Waals surface area (Å²) in [5.74, 6) is 0.335. The molecule has 0 radical (unpaired) electrons. The molecule has 0 aliphatic carbocycles. The van der Waals surface area contributed by atoms with E-state index in [0.29, 0.717) is 12.2 Å². The van der Waals surface area contributed by atoms with Crippen LogP contribution in [-0.4, -0.2) is 5.78 Å². The summed E-state index contributed by atoms with van der Waals surface area (Å²) in [6.07, 6.45) is 2.52. The predicted octanol–water partition coefficient (Wildman–Crippen LogP) is 4.28. The molecule has 0 aromatic heterocycles. The maximum absolute atomic E-state index is 11.7. The molecular formula is C14H19ClO. The van der Waals surface area contributed by atoms with Crippen molar-refractivity contribution in [3.05, 3.63) is 34.9 Å². The third kappa shape index (κ3) is 4.36. The number of aryl methyl sites for hydroxylation is 1. The zero-order valence-corrected chi connectivity index (χ0v) is 11.0. The summed E-state index contributed by atoms with van der Waals surface area (Å²) < 4.78 is 0. The van der Waals surface area contributed by atoms with E-state index in [1.165, 1.54) is 5.56 Å². The largest absolute Gasteiger partial charge is 0.299 e. The maximum Gasteiger partial charge on any atom is 0.138 e. The normalized spacial score (nSPS) is 11.5. The molecule has 0 atom stereocenters. The van der Waals surface area contributed by atoms with Crippen LogP contribution in [0.5, 0.6) is 0 Å². The first-order valence-electron chi connectivity index (χ1n) is 5.67. The van der Waals surface area contributed by atoms with Crippen LogP contribution in [0.25, 0.3) is 0 Å². The van der Waals surface area contributed by atoms with Gasteiger partial charge in [-0.25, -0.2) is 0 Å². The molecule has 0 unspecified atom stereocenters. The van der Waals surface area contributed by atoms with Gasteiger partial charge >= 0.3 is 0 Å². The monoisotopic (exact) mass is 238 g/mol. The van der Waals surface area contributed by atoms with E-state index in [1.54, 1.807) is 0 Å². The van der Waals surface area contributed by atoms with Gasteiger partial charge in [0.15, 0.2) is 0 Å². The number of rotatable bonds is 4. The fourth-order valence-corrected chi connectivity index (χ4v) is 1.61. The highest BCUT2D eigenvalue weighted by atomic mass is 35.5. The Morgan fingerprint density at radius 2 is 1.75 bits per heavy atom. The lowest BCUT2D eigenvalue weighted by molar-refractivity contribution is -0.126. The van der Waals surface area contributed by atoms with Crippen molar-refractivity contribution in [2.45, 2.75) is 40.0 Å². The van der Waals surface area contributed by atoms with Gasteiger partial charge in [-0.3, -0.25) is 4.79 Å². The first-order valence-corrected chi connectivity index (χ1v) is 6.05. The summed E-state index contributed by atoms with van der Waals surface area (Å²) in [5, 5.41) is 0.759. The molecule has 1 rings (SSSR count). The Balaban J connectivity index is 2.36. The molecule has 0 N–H and O–H groups in total. The van der Waals surface area contributed by atoms with Crippen LogP contribution in [0.3, 0.4) is 0 Å². The molecule has 0 heterocycles. The Hall–Kier alpha value is -0.820. The van der Waals surface area contributed by atoms with Crippen molar-refractivity contribution in [1.29, 1.82) is 0 Å². The van der Waals surface area contributed by atoms with Crippen LogP contribution in [0.15, 0.2) is 24.3 Å². The quantitative estimate of drug-likeness (QED) is 0.765. The number of hydrogen-bond donors (Lipinski definition) is 0. The van der Waals surface area contributed by atoms with Crippen LogP contribution in [0.1, 0.15) is 39.2 Å². The zero-order valence-electron chi connectivity index (χ0n) is 10.2. The molecule has 0 saturated carbocycles. The molecule has 0 aliphatic rings. The molecule has 0 aliphatic heterocycles. The fourth-order valence-electron chi connectivity index (χ4n) is 1.48. The van der Waals surface area contributed by atoms with Crippen LogP contribution >= 0.6 is 11.6 Å². The molecule has 0 bridgehead atoms. The number of benzene rings is 1. The van der Waals surface area contributed by atoms with E-state index in [2.05, 4.69) is 0 Å². The van der Waals surface area contributed by atoms with E-state index in [0.717, 1.165) is 17.9 Å². The third-order valence-electron chi connectivity index (χ3n) is 2.62. The second kappa shape index (κ2) is 5.49. The molecule has 1 aromatic rings. The molecular weight excluding hydrogens is 220 g/mol. The number of carbonyl (C=O) groups excluding carboxylic acids is 1. The Morgan fingerprint density at radius 1 is 1.19 bits per heavy atom. The van der Waals surface area contributed by atoms with Gasteiger partial charge < -0.3 is 0 Å². The minimum Gasteiger partial charge on any atom is -0.299 e. The standard InChI is InChI=1S/C14H19ClO/c1-14(2,3)13(16)6-4-5-11-7-9-12(15)10-8-11/h7-10H,4-6H2,1-3H3. The maximum atomic E-state index is 11.7. The van der Waals surface area contributed by atoms with Crippen LogP contribution in [0.2, 0.25) is 5.02 Å². The minimum absolute atomic E-state index is 0.208. The van der Waals surface area contributed by atoms with Gasteiger partial charge in [-0.2, -0.15) is 0 Å². The number of hydrogen-bond acceptors (Lipinski definition) is 1. The van der Waals surface area contributed by atoms with E-state index < -0.39 is 0 Å². The molecule has 16 heavy (non-hydrogen) atoms. The van der Waals surface area contributed by atoms with Crippen LogP contribution in [-0.2, 0) is 11.2 Å². The summed E-state index contributed by atoms with van der Waals surface area (Å²) >= 11 is 5.80. The van der Waals surface area contributed by atoms with Crippen LogP contribution < -0.4 is 0 Å². The second-order valence-corrected chi connectivity index (χ2v) is 5.59. The minimum atomic E-state index is -0.208. The van der Waals surface area contributed by atoms with Crippen molar-refractivity contribution >= 4 is 17.4 Å². The lowest BCUT2D eigenvalue weighted by Gasteiger charge is -2.16. The van der Waals surface area contributed by atoms with Crippen molar-refractivity contribution in [1.82, 2.24) is 0 Å². The van der Waals surface area contributed by atoms with E-state index in [9.17, 15) is 4.79 Å². The first-order chi connectivity index (χ1) is 7.39. The van der Waals surface area contributed by atoms with E-state index in [1.807, 2.05) is 45.0 Å². The number of carbonyl (C=O) groups is 1. The number of ketones is 1. The van der Waals surface area contributed by atoms with E-state index in [-0.39, 0.29) is 5.41 Å². The highest BCUT2D eigenvalue weighted by molar-refractivity contribution is 6.30. The van der Waals surface area contributed by atoms with Crippen molar-refractivity contribution in [3.8, 4) is 0 Å². The number of halogens is 1. The van der Waals surface area contributed by atoms with Crippen molar-refractivity contribution in [3.63, 3.8) is 0 Å². The van der Waals surface area contributed by atoms with Crippen LogP contribution in [0, 0.1) is 5.41 Å². The van der Waals surface area contributed by atoms with E-state index >= 15 is 0 Å². The van der Waals surface area contributed by atoms with Crippen molar-refractivity contribution < 1.29 is 4.79 Å². The summed E-state index contributed by atoms with van der Waals surface area (Å²) in [6, 6.07) is 7.82. The Bertz CT molecular complexity index is 346. The molecule has 2 heteroatoms. The summed E-state index contributed by atoms with van der Waals surface area (Å²) in [5.41, 5.74) is 1.03. The SMILES string of the molecule is CC(C)(C)C(=O)CCCc1ccc(Cl)cc1. The molecule has 0 fully saturated rings. The van der Waals surface area contributed by atoms with Crippen LogP contribution in [0.4, 0.5) is 0 Å². The summed E-state index contributed by atoms with van der Waals surface area (Å²) in [4.78, 5) is 11.7. The van der Waals surface area contributed by atoms with Gasteiger partial charge in [0.2, 0.25) is 0 Å². The smallest absolute Gasteiger partial charge is 0.138 e. The number of Topliss-reactive ketones (excluding diaryl/α,β-unsaturated/α-hetero) is 1. The predicted molar refractivity (Wildman–Crippen MR) is 68.9 cm³/mol. The van der Waals surface area contributed by atoms with Gasteiger partial charge in [-0.15, -0.1) is 0 Å². The molecule has 0 spiro atoms. The van der Waals surface area contributed by atoms with Gasteiger partial charge in [0, 0.05) is 16.9 Å². The van der Waals surface area contributed by atoms with Gasteiger partial charge in [0.1, 0.15) is 5.78 Å². The Kier molecular flexibility index (Phi) is 4.55. The topological polar surface area (TPSA) is 17.1 Å². The second-order valence-electron chi connectivity index (χ2n) is 5.15. The fraction of sp³-hybridized carbons (Fsp3) is 0.500. The third-order valence-corrected chi connectivity index (χ3v) is 2.87. The molecule has 1 aromatic carbocycles. The summed E-state index contributed by atoms with van der Waals surface area (Å²) in [6.45, 7) is 5.91. The van der Waals surface area contributed by atoms with Gasteiger partial charge in [-0.05, 0) is 30.5 Å². The Labute approximate surface area is 103 Å². The first kappa shape index (κ1) is 13.2. The lowest BCUT2D eigenvalue weighted by atomic mass is 9.87. The highest BCUT2D eigenvalue weighted by Crippen LogP contribution is 2.19. The van der Waals surface area contributed by atoms with Crippen molar-refractivity contribution in [2.75, 3.05) is 0 Å². The molecule has 1 nitrogen and oxygen atoms in total. The average molecular weight is 239 g/mol. The highest BCUT2D eigenvalue weighted by Gasteiger charge is 2.19.